The Labute approximate surface area is 181 Å². The third kappa shape index (κ3) is 4.78. The molecular weight excluding hydrogens is 423 g/mol. The van der Waals surface area contributed by atoms with Crippen molar-refractivity contribution >= 4 is 29.3 Å². The van der Waals surface area contributed by atoms with Crippen molar-refractivity contribution in [3.05, 3.63) is 70.8 Å². The number of nitriles is 1. The zero-order chi connectivity index (χ0) is 23.5. The molecule has 0 saturated carbocycles. The maximum atomic E-state index is 12.8. The molecule has 0 atom stereocenters. The second kappa shape index (κ2) is 8.93. The molecule has 32 heavy (non-hydrogen) atoms. The van der Waals surface area contributed by atoms with Gasteiger partial charge in [0.1, 0.15) is 11.5 Å². The van der Waals surface area contributed by atoms with Gasteiger partial charge < -0.3 is 9.73 Å². The van der Waals surface area contributed by atoms with E-state index in [0.29, 0.717) is 33.4 Å². The zero-order valence-corrected chi connectivity index (χ0v) is 17.2. The Hall–Kier alpha value is -4.13. The van der Waals surface area contributed by atoms with E-state index >= 15 is 0 Å². The number of rotatable bonds is 6. The lowest BCUT2D eigenvalue weighted by Crippen LogP contribution is -2.13. The van der Waals surface area contributed by atoms with Crippen molar-refractivity contribution in [2.75, 3.05) is 5.32 Å². The van der Waals surface area contributed by atoms with Crippen molar-refractivity contribution in [1.29, 1.82) is 5.26 Å². The van der Waals surface area contributed by atoms with Gasteiger partial charge in [0, 0.05) is 5.39 Å². The average Bonchev–Trinajstić information content (AvgIpc) is 3.30. The van der Waals surface area contributed by atoms with Gasteiger partial charge in [-0.25, -0.2) is 0 Å². The van der Waals surface area contributed by atoms with Gasteiger partial charge in [-0.2, -0.15) is 23.5 Å². The molecule has 164 valence electrons. The van der Waals surface area contributed by atoms with Gasteiger partial charge in [-0.1, -0.05) is 11.6 Å². The number of allylic oxidation sites excluding steroid dienone is 4. The highest BCUT2D eigenvalue weighted by atomic mass is 19.4. The monoisotopic (exact) mass is 441 g/mol. The Bertz CT molecular complexity index is 1290. The maximum Gasteiger partial charge on any atom is 0.433 e. The molecule has 1 aromatic carbocycles. The number of hydrogen-bond acceptors (Lipinski definition) is 5. The quantitative estimate of drug-likeness (QED) is 0.422. The summed E-state index contributed by atoms with van der Waals surface area (Å²) in [4.78, 5) is 15.6. The van der Waals surface area contributed by atoms with E-state index in [2.05, 4.69) is 22.1 Å². The van der Waals surface area contributed by atoms with Crippen LogP contribution in [0.15, 0.2) is 63.4 Å². The van der Waals surface area contributed by atoms with Crippen molar-refractivity contribution in [2.45, 2.75) is 26.6 Å². The Morgan fingerprint density at radius 1 is 1.38 bits per heavy atom. The number of aromatic nitrogens is 2. The highest BCUT2D eigenvalue weighted by molar-refractivity contribution is 6.08. The molecule has 1 amide bonds. The minimum Gasteiger partial charge on any atom is -0.469 e. The molecule has 0 saturated heterocycles. The van der Waals surface area contributed by atoms with Crippen LogP contribution < -0.4 is 5.32 Å². The molecule has 7 nitrogen and oxygen atoms in total. The lowest BCUT2D eigenvalue weighted by molar-refractivity contribution is -0.0922. The zero-order valence-electron chi connectivity index (χ0n) is 17.2. The molecule has 3 aromatic rings. The number of hydrogen-bond donors (Lipinski definition) is 1. The Kier molecular flexibility index (Phi) is 6.30. The van der Waals surface area contributed by atoms with Crippen LogP contribution in [-0.2, 0) is 6.54 Å². The van der Waals surface area contributed by atoms with E-state index in [1.165, 1.54) is 23.1 Å². The van der Waals surface area contributed by atoms with Crippen LogP contribution in [-0.4, -0.2) is 28.6 Å². The van der Waals surface area contributed by atoms with Crippen molar-refractivity contribution in [2.24, 2.45) is 4.99 Å². The molecule has 2 heterocycles. The number of aliphatic imine (C=N–C) groups is 1. The van der Waals surface area contributed by atoms with Crippen LogP contribution in [0.1, 0.15) is 28.6 Å². The summed E-state index contributed by atoms with van der Waals surface area (Å²) in [6.07, 6.45) is -1.09. The second-order valence-electron chi connectivity index (χ2n) is 6.92. The molecule has 0 aliphatic rings. The first-order chi connectivity index (χ1) is 15.1. The van der Waals surface area contributed by atoms with Gasteiger partial charge in [-0.3, -0.25) is 14.5 Å². The van der Waals surface area contributed by atoms with Crippen LogP contribution in [0.2, 0.25) is 0 Å². The van der Waals surface area contributed by atoms with Crippen LogP contribution in [0.25, 0.3) is 10.9 Å². The number of aryl methyl sites for hydroxylation is 1. The number of halogens is 3. The van der Waals surface area contributed by atoms with E-state index in [4.69, 9.17) is 4.42 Å². The predicted molar refractivity (Wildman–Crippen MR) is 113 cm³/mol. The van der Waals surface area contributed by atoms with Crippen LogP contribution in [0, 0.1) is 18.3 Å². The van der Waals surface area contributed by atoms with Gasteiger partial charge in [0.05, 0.1) is 35.5 Å². The number of fused-ring (bicyclic) bond motifs is 1. The average molecular weight is 441 g/mol. The summed E-state index contributed by atoms with van der Waals surface area (Å²) in [5, 5.41) is 16.9. The van der Waals surface area contributed by atoms with Crippen molar-refractivity contribution < 1.29 is 22.4 Å². The topological polar surface area (TPSA) is 96.2 Å². The largest absolute Gasteiger partial charge is 0.469 e. The Morgan fingerprint density at radius 3 is 2.72 bits per heavy atom. The Morgan fingerprint density at radius 2 is 2.12 bits per heavy atom. The summed E-state index contributed by atoms with van der Waals surface area (Å²) < 4.78 is 45.2. The lowest BCUT2D eigenvalue weighted by Gasteiger charge is -2.06. The van der Waals surface area contributed by atoms with Crippen LogP contribution in [0.3, 0.4) is 0 Å². The summed E-state index contributed by atoms with van der Waals surface area (Å²) in [5.74, 6) is 0.216. The number of amides is 1. The molecule has 0 fully saturated rings. The number of nitrogens with one attached hydrogen (secondary N) is 1. The fourth-order valence-corrected chi connectivity index (χ4v) is 3.00. The van der Waals surface area contributed by atoms with E-state index in [9.17, 15) is 23.2 Å². The highest BCUT2D eigenvalue weighted by Crippen LogP contribution is 2.28. The van der Waals surface area contributed by atoms with E-state index in [1.807, 2.05) is 6.07 Å². The van der Waals surface area contributed by atoms with E-state index in [0.717, 1.165) is 6.08 Å². The lowest BCUT2D eigenvalue weighted by atomic mass is 10.1. The number of anilines is 1. The van der Waals surface area contributed by atoms with Gasteiger partial charge >= 0.3 is 6.18 Å². The molecule has 0 aliphatic heterocycles. The fourth-order valence-electron chi connectivity index (χ4n) is 3.00. The number of benzene rings is 1. The molecule has 0 radical (unpaired) electrons. The fraction of sp³-hybridized carbons (Fsp3) is 0.182. The summed E-state index contributed by atoms with van der Waals surface area (Å²) in [6.45, 7) is 6.37. The van der Waals surface area contributed by atoms with Gasteiger partial charge in [0.2, 0.25) is 0 Å². The number of alkyl halides is 3. The first-order valence-electron chi connectivity index (χ1n) is 9.31. The first kappa shape index (κ1) is 22.6. The molecule has 1 N–H and O–H groups in total. The number of carbonyl (C=O) groups excluding carboxylic acids is 1. The third-order valence-electron chi connectivity index (χ3n) is 4.60. The predicted octanol–water partition coefficient (Wildman–Crippen LogP) is 5.15. The molecule has 10 heteroatoms. The molecule has 0 bridgehead atoms. The Balaban J connectivity index is 1.97. The SMILES string of the molecule is C=N/C(=C\C=C(/C)Cn1nc(NC(=O)c2ccoc2C)c2cc(C#N)ccc21)C(F)(F)F. The van der Waals surface area contributed by atoms with Crippen molar-refractivity contribution in [3.8, 4) is 6.07 Å². The van der Waals surface area contributed by atoms with Crippen molar-refractivity contribution in [1.82, 2.24) is 9.78 Å². The molecule has 0 unspecified atom stereocenters. The molecule has 2 aromatic heterocycles. The summed E-state index contributed by atoms with van der Waals surface area (Å²) >= 11 is 0. The third-order valence-corrected chi connectivity index (χ3v) is 4.60. The number of furan rings is 1. The smallest absolute Gasteiger partial charge is 0.433 e. The van der Waals surface area contributed by atoms with Gasteiger partial charge in [-0.05, 0) is 50.9 Å². The van der Waals surface area contributed by atoms with E-state index in [-0.39, 0.29) is 12.4 Å². The number of carbonyl (C=O) groups is 1. The molecule has 0 spiro atoms. The van der Waals surface area contributed by atoms with Gasteiger partial charge in [0.15, 0.2) is 5.82 Å². The normalized spacial score (nSPS) is 12.6. The van der Waals surface area contributed by atoms with E-state index in [1.54, 1.807) is 32.0 Å². The summed E-state index contributed by atoms with van der Waals surface area (Å²) in [5.41, 5.74) is 0.742. The molecule has 3 rings (SSSR count). The van der Waals surface area contributed by atoms with Gasteiger partial charge in [-0.15, -0.1) is 0 Å². The van der Waals surface area contributed by atoms with Gasteiger partial charge in [0.25, 0.3) is 5.91 Å². The first-order valence-corrected chi connectivity index (χ1v) is 9.31. The minimum absolute atomic E-state index is 0.141. The number of nitrogens with zero attached hydrogens (tertiary/aromatic N) is 4. The van der Waals surface area contributed by atoms with Crippen LogP contribution in [0.5, 0.6) is 0 Å². The van der Waals surface area contributed by atoms with Crippen molar-refractivity contribution in [3.63, 3.8) is 0 Å². The maximum absolute atomic E-state index is 12.8. The molecular formula is C22H18F3N5O2. The summed E-state index contributed by atoms with van der Waals surface area (Å²) in [7, 11) is 0. The standard InChI is InChI=1S/C22H18F3N5O2/c1-13(4-7-19(27-3)22(23,24)25)12-30-18-6-5-15(11-26)10-17(18)20(29-30)28-21(31)16-8-9-32-14(16)2/h4-10H,3,12H2,1-2H3,(H,28,29,31)/b13-4+,19-7-. The van der Waals surface area contributed by atoms with Crippen LogP contribution in [0.4, 0.5) is 19.0 Å². The highest BCUT2D eigenvalue weighted by Gasteiger charge is 2.32. The van der Waals surface area contributed by atoms with Crippen LogP contribution >= 0.6 is 0 Å². The molecule has 0 aliphatic carbocycles. The van der Waals surface area contributed by atoms with E-state index < -0.39 is 17.8 Å². The second-order valence-corrected chi connectivity index (χ2v) is 6.92. The summed E-state index contributed by atoms with van der Waals surface area (Å²) in [6, 6.07) is 8.39. The minimum atomic E-state index is -4.60.